The number of rotatable bonds is 9. The molecule has 7 nitrogen and oxygen atoms in total. The number of hydrogen-bond acceptors (Lipinski definition) is 5. The normalized spacial score (nSPS) is 10.2. The lowest BCUT2D eigenvalue weighted by molar-refractivity contribution is 0.0955. The standard InChI is InChI=1S/C25H26N2O5/c1-30-19-11-9-18(10-12-19)24(28)27-21-7-5-4-6-20(21)25(29)26-15-14-17-8-13-22(31-2)23(16-17)32-3/h4-13,16H,14-15H2,1-3H3,(H,26,29)(H,27,28). The van der Waals surface area contributed by atoms with Crippen LogP contribution in [0.2, 0.25) is 0 Å². The quantitative estimate of drug-likeness (QED) is 0.533. The molecule has 0 aliphatic rings. The fourth-order valence-electron chi connectivity index (χ4n) is 3.18. The highest BCUT2D eigenvalue weighted by Gasteiger charge is 2.14. The van der Waals surface area contributed by atoms with Crippen molar-refractivity contribution >= 4 is 17.5 Å². The minimum atomic E-state index is -0.307. The van der Waals surface area contributed by atoms with Crippen LogP contribution in [0, 0.1) is 0 Å². The summed E-state index contributed by atoms with van der Waals surface area (Å²) in [4.78, 5) is 25.4. The molecule has 0 unspecified atom stereocenters. The van der Waals surface area contributed by atoms with Gasteiger partial charge < -0.3 is 24.8 Å². The van der Waals surface area contributed by atoms with E-state index in [4.69, 9.17) is 14.2 Å². The first-order valence-corrected chi connectivity index (χ1v) is 10.1. The molecule has 0 aliphatic heterocycles. The summed E-state index contributed by atoms with van der Waals surface area (Å²) in [5, 5.41) is 5.71. The zero-order chi connectivity index (χ0) is 22.9. The summed E-state index contributed by atoms with van der Waals surface area (Å²) in [7, 11) is 4.73. The highest BCUT2D eigenvalue weighted by Crippen LogP contribution is 2.27. The van der Waals surface area contributed by atoms with Crippen LogP contribution in [0.3, 0.4) is 0 Å². The van der Waals surface area contributed by atoms with E-state index in [0.29, 0.717) is 47.0 Å². The lowest BCUT2D eigenvalue weighted by atomic mass is 10.1. The zero-order valence-electron chi connectivity index (χ0n) is 18.3. The van der Waals surface area contributed by atoms with Crippen molar-refractivity contribution in [1.29, 1.82) is 0 Å². The van der Waals surface area contributed by atoms with Gasteiger partial charge in [0.25, 0.3) is 11.8 Å². The molecule has 0 aliphatic carbocycles. The van der Waals surface area contributed by atoms with Crippen molar-refractivity contribution < 1.29 is 23.8 Å². The third-order valence-corrected chi connectivity index (χ3v) is 4.92. The number of hydrogen-bond donors (Lipinski definition) is 2. The third kappa shape index (κ3) is 5.57. The van der Waals surface area contributed by atoms with Crippen LogP contribution >= 0.6 is 0 Å². The molecule has 0 atom stereocenters. The fraction of sp³-hybridized carbons (Fsp3) is 0.200. The van der Waals surface area contributed by atoms with Crippen LogP contribution in [0.25, 0.3) is 0 Å². The molecule has 3 aromatic rings. The number of ether oxygens (including phenoxy) is 3. The highest BCUT2D eigenvalue weighted by molar-refractivity contribution is 6.09. The SMILES string of the molecule is COc1ccc(C(=O)Nc2ccccc2C(=O)NCCc2ccc(OC)c(OC)c2)cc1. The first-order chi connectivity index (χ1) is 15.5. The van der Waals surface area contributed by atoms with Gasteiger partial charge in [0.2, 0.25) is 0 Å². The largest absolute Gasteiger partial charge is 0.497 e. The Kier molecular flexibility index (Phi) is 7.70. The van der Waals surface area contributed by atoms with E-state index in [9.17, 15) is 9.59 Å². The van der Waals surface area contributed by atoms with Gasteiger partial charge in [-0.3, -0.25) is 9.59 Å². The Morgan fingerprint density at radius 2 is 1.50 bits per heavy atom. The molecular weight excluding hydrogens is 408 g/mol. The maximum absolute atomic E-state index is 12.8. The Labute approximate surface area is 187 Å². The van der Waals surface area contributed by atoms with Crippen molar-refractivity contribution in [3.63, 3.8) is 0 Å². The maximum atomic E-state index is 12.8. The van der Waals surface area contributed by atoms with Crippen LogP contribution in [0.5, 0.6) is 17.2 Å². The molecule has 0 spiro atoms. The predicted molar refractivity (Wildman–Crippen MR) is 123 cm³/mol. The molecule has 7 heteroatoms. The summed E-state index contributed by atoms with van der Waals surface area (Å²) in [5.74, 6) is 1.38. The van der Waals surface area contributed by atoms with Gasteiger partial charge in [-0.15, -0.1) is 0 Å². The van der Waals surface area contributed by atoms with E-state index in [0.717, 1.165) is 5.56 Å². The Morgan fingerprint density at radius 1 is 0.781 bits per heavy atom. The van der Waals surface area contributed by atoms with Gasteiger partial charge in [-0.25, -0.2) is 0 Å². The van der Waals surface area contributed by atoms with E-state index in [2.05, 4.69) is 10.6 Å². The first-order valence-electron chi connectivity index (χ1n) is 10.1. The minimum absolute atomic E-state index is 0.267. The Morgan fingerprint density at radius 3 is 2.19 bits per heavy atom. The van der Waals surface area contributed by atoms with E-state index in [1.165, 1.54) is 0 Å². The fourth-order valence-corrected chi connectivity index (χ4v) is 3.18. The van der Waals surface area contributed by atoms with Gasteiger partial charge in [-0.1, -0.05) is 18.2 Å². The van der Waals surface area contributed by atoms with Gasteiger partial charge >= 0.3 is 0 Å². The number of para-hydroxylation sites is 1. The third-order valence-electron chi connectivity index (χ3n) is 4.92. The molecule has 32 heavy (non-hydrogen) atoms. The zero-order valence-corrected chi connectivity index (χ0v) is 18.3. The molecule has 0 fully saturated rings. The summed E-state index contributed by atoms with van der Waals surface area (Å²) in [6.45, 7) is 0.426. The first kappa shape index (κ1) is 22.7. The lowest BCUT2D eigenvalue weighted by Crippen LogP contribution is -2.27. The minimum Gasteiger partial charge on any atom is -0.497 e. The number of nitrogens with one attached hydrogen (secondary N) is 2. The molecule has 2 N–H and O–H groups in total. The number of carbonyl (C=O) groups excluding carboxylic acids is 2. The second kappa shape index (κ2) is 10.9. The van der Waals surface area contributed by atoms with Crippen LogP contribution in [-0.4, -0.2) is 39.7 Å². The summed E-state index contributed by atoms with van der Waals surface area (Å²) in [6, 6.07) is 19.3. The van der Waals surface area contributed by atoms with Crippen molar-refractivity contribution in [3.8, 4) is 17.2 Å². The molecular formula is C25H26N2O5. The molecule has 3 rings (SSSR count). The van der Waals surface area contributed by atoms with Crippen LogP contribution in [0.1, 0.15) is 26.3 Å². The van der Waals surface area contributed by atoms with E-state index in [1.54, 1.807) is 69.9 Å². The maximum Gasteiger partial charge on any atom is 0.255 e. The Bertz CT molecular complexity index is 1080. The van der Waals surface area contributed by atoms with Gasteiger partial charge in [0.15, 0.2) is 11.5 Å². The summed E-state index contributed by atoms with van der Waals surface area (Å²) in [5.41, 5.74) is 2.30. The van der Waals surface area contributed by atoms with Gasteiger partial charge in [-0.2, -0.15) is 0 Å². The van der Waals surface area contributed by atoms with E-state index >= 15 is 0 Å². The summed E-state index contributed by atoms with van der Waals surface area (Å²) < 4.78 is 15.7. The van der Waals surface area contributed by atoms with E-state index in [1.807, 2.05) is 18.2 Å². The summed E-state index contributed by atoms with van der Waals surface area (Å²) in [6.07, 6.45) is 0.618. The monoisotopic (exact) mass is 434 g/mol. The van der Waals surface area contributed by atoms with Crippen LogP contribution in [0.4, 0.5) is 5.69 Å². The number of carbonyl (C=O) groups is 2. The molecule has 0 heterocycles. The van der Waals surface area contributed by atoms with Crippen LogP contribution in [-0.2, 0) is 6.42 Å². The molecule has 0 saturated heterocycles. The van der Waals surface area contributed by atoms with Crippen molar-refractivity contribution in [3.05, 3.63) is 83.4 Å². The molecule has 0 radical (unpaired) electrons. The Balaban J connectivity index is 1.63. The van der Waals surface area contributed by atoms with Gasteiger partial charge in [0, 0.05) is 12.1 Å². The number of anilines is 1. The molecule has 166 valence electrons. The second-order valence-corrected chi connectivity index (χ2v) is 6.92. The van der Waals surface area contributed by atoms with Gasteiger partial charge in [-0.05, 0) is 60.5 Å². The molecule has 3 aromatic carbocycles. The molecule has 2 amide bonds. The van der Waals surface area contributed by atoms with Crippen molar-refractivity contribution in [2.24, 2.45) is 0 Å². The van der Waals surface area contributed by atoms with Gasteiger partial charge in [0.1, 0.15) is 5.75 Å². The van der Waals surface area contributed by atoms with Crippen LogP contribution in [0.15, 0.2) is 66.7 Å². The number of benzene rings is 3. The smallest absolute Gasteiger partial charge is 0.255 e. The van der Waals surface area contributed by atoms with Gasteiger partial charge in [0.05, 0.1) is 32.6 Å². The second-order valence-electron chi connectivity index (χ2n) is 6.92. The van der Waals surface area contributed by atoms with Crippen molar-refractivity contribution in [2.45, 2.75) is 6.42 Å². The Hall–Kier alpha value is -4.00. The average Bonchev–Trinajstić information content (AvgIpc) is 2.84. The predicted octanol–water partition coefficient (Wildman–Crippen LogP) is 3.94. The van der Waals surface area contributed by atoms with E-state index in [-0.39, 0.29) is 11.8 Å². The van der Waals surface area contributed by atoms with Crippen molar-refractivity contribution in [2.75, 3.05) is 33.2 Å². The highest BCUT2D eigenvalue weighted by atomic mass is 16.5. The lowest BCUT2D eigenvalue weighted by Gasteiger charge is -2.12. The average molecular weight is 434 g/mol. The van der Waals surface area contributed by atoms with Crippen LogP contribution < -0.4 is 24.8 Å². The number of amides is 2. The van der Waals surface area contributed by atoms with Crippen molar-refractivity contribution in [1.82, 2.24) is 5.32 Å². The van der Waals surface area contributed by atoms with E-state index < -0.39 is 0 Å². The molecule has 0 saturated carbocycles. The number of methoxy groups -OCH3 is 3. The molecule has 0 aromatic heterocycles. The molecule has 0 bridgehead atoms. The summed E-state index contributed by atoms with van der Waals surface area (Å²) >= 11 is 0. The topological polar surface area (TPSA) is 85.9 Å².